The Bertz CT molecular complexity index is 2360. The van der Waals surface area contributed by atoms with Crippen LogP contribution in [0.15, 0.2) is 108 Å². The maximum atomic E-state index is 7.00. The van der Waals surface area contributed by atoms with Crippen LogP contribution in [0.2, 0.25) is 0 Å². The Kier molecular flexibility index (Phi) is 6.09. The summed E-state index contributed by atoms with van der Waals surface area (Å²) in [7, 11) is 0. The van der Waals surface area contributed by atoms with E-state index in [0.717, 1.165) is 56.6 Å². The minimum atomic E-state index is 0.0387. The van der Waals surface area contributed by atoms with Crippen molar-refractivity contribution in [2.45, 2.75) is 88.9 Å². The summed E-state index contributed by atoms with van der Waals surface area (Å²) in [4.78, 5) is 2.47. The molecule has 0 radical (unpaired) electrons. The number of nitrogens with zero attached hydrogens (tertiary/aromatic N) is 1. The number of fused-ring (bicyclic) bond motifs is 6. The van der Waals surface area contributed by atoms with Crippen molar-refractivity contribution in [2.24, 2.45) is 23.7 Å². The first kappa shape index (κ1) is 30.2. The zero-order chi connectivity index (χ0) is 34.3. The zero-order valence-corrected chi connectivity index (χ0v) is 30.3. The fourth-order valence-electron chi connectivity index (χ4n) is 12.1. The van der Waals surface area contributed by atoms with E-state index in [4.69, 9.17) is 9.15 Å². The van der Waals surface area contributed by atoms with Crippen LogP contribution in [0.25, 0.3) is 21.9 Å². The number of benzene rings is 5. The molecular formula is C48H47NO2. The Balaban J connectivity index is 1.12. The lowest BCUT2D eigenvalue weighted by Gasteiger charge is -2.63. The normalized spacial score (nSPS) is 27.6. The van der Waals surface area contributed by atoms with Crippen LogP contribution >= 0.6 is 0 Å². The molecule has 2 heterocycles. The molecule has 6 aliphatic rings. The van der Waals surface area contributed by atoms with E-state index in [1.807, 2.05) is 0 Å². The molecule has 256 valence electrons. The van der Waals surface area contributed by atoms with Gasteiger partial charge in [-0.05, 0) is 139 Å². The van der Waals surface area contributed by atoms with Gasteiger partial charge in [0.05, 0.1) is 0 Å². The highest BCUT2D eigenvalue weighted by Crippen LogP contribution is 2.69. The highest BCUT2D eigenvalue weighted by Gasteiger charge is 2.61. The maximum absolute atomic E-state index is 7.00. The number of anilines is 3. The monoisotopic (exact) mass is 669 g/mol. The topological polar surface area (TPSA) is 25.6 Å². The van der Waals surface area contributed by atoms with Crippen LogP contribution in [0, 0.1) is 23.7 Å². The summed E-state index contributed by atoms with van der Waals surface area (Å²) in [6.45, 7) is 9.67. The minimum absolute atomic E-state index is 0.0387. The van der Waals surface area contributed by atoms with Crippen LogP contribution in [0.3, 0.4) is 0 Å². The van der Waals surface area contributed by atoms with Crippen molar-refractivity contribution in [3.05, 3.63) is 125 Å². The van der Waals surface area contributed by atoms with Gasteiger partial charge in [-0.2, -0.15) is 0 Å². The molecule has 3 nitrogen and oxygen atoms in total. The SMILES string of the molecule is CC1(C)CCC(C)(C)c2cc(N(c3ccc4c(c3)Oc3ccccc3C43C4CC5CC(C4)CC3C5)c3ccc4oc5ccccc5c4c3)ccc21. The van der Waals surface area contributed by atoms with E-state index >= 15 is 0 Å². The second kappa shape index (κ2) is 10.3. The first-order valence-corrected chi connectivity index (χ1v) is 19.5. The Labute approximate surface area is 301 Å². The molecule has 1 aliphatic heterocycles. The Morgan fingerprint density at radius 2 is 1.10 bits per heavy atom. The van der Waals surface area contributed by atoms with Crippen molar-refractivity contribution in [1.82, 2.24) is 0 Å². The van der Waals surface area contributed by atoms with Crippen molar-refractivity contribution >= 4 is 39.0 Å². The summed E-state index contributed by atoms with van der Waals surface area (Å²) >= 11 is 0. The summed E-state index contributed by atoms with van der Waals surface area (Å²) in [5.74, 6) is 5.27. The molecule has 0 amide bonds. The van der Waals surface area contributed by atoms with Gasteiger partial charge in [0.2, 0.25) is 0 Å². The summed E-state index contributed by atoms with van der Waals surface area (Å²) in [5, 5.41) is 2.29. The van der Waals surface area contributed by atoms with E-state index in [0.29, 0.717) is 11.8 Å². The Morgan fingerprint density at radius 1 is 0.510 bits per heavy atom. The first-order valence-electron chi connectivity index (χ1n) is 19.5. The highest BCUT2D eigenvalue weighted by molar-refractivity contribution is 6.06. The smallest absolute Gasteiger partial charge is 0.135 e. The predicted octanol–water partition coefficient (Wildman–Crippen LogP) is 13.3. The van der Waals surface area contributed by atoms with Crippen molar-refractivity contribution in [2.75, 3.05) is 4.90 Å². The van der Waals surface area contributed by atoms with Crippen LogP contribution in [-0.4, -0.2) is 0 Å². The molecule has 4 bridgehead atoms. The van der Waals surface area contributed by atoms with Crippen molar-refractivity contribution in [3.8, 4) is 11.5 Å². The molecule has 0 saturated heterocycles. The van der Waals surface area contributed by atoms with Gasteiger partial charge >= 0.3 is 0 Å². The third-order valence-electron chi connectivity index (χ3n) is 14.4. The van der Waals surface area contributed by atoms with Gasteiger partial charge in [-0.25, -0.2) is 0 Å². The molecule has 4 fully saturated rings. The Hall–Kier alpha value is -4.50. The lowest BCUT2D eigenvalue weighted by Crippen LogP contribution is -2.56. The molecule has 3 heteroatoms. The van der Waals surface area contributed by atoms with Crippen LogP contribution in [0.5, 0.6) is 11.5 Å². The average Bonchev–Trinajstić information content (AvgIpc) is 3.50. The van der Waals surface area contributed by atoms with Gasteiger partial charge in [0.25, 0.3) is 0 Å². The second-order valence-electron chi connectivity index (χ2n) is 18.1. The fraction of sp³-hybridized carbons (Fsp3) is 0.375. The number of furan rings is 1. The molecule has 12 rings (SSSR count). The standard InChI is InChI=1S/C48H47NO2/c1-46(2)19-20-47(3,4)41-27-34(13-16-38(41)46)49(33-15-18-43-37(26-33)36-9-5-7-11-42(36)50-43)35-14-17-40-45(28-35)51-44-12-8-6-10-39(44)48(40)31-22-29-21-30(24-31)25-32(48)23-29/h5-18,26-32H,19-25H2,1-4H3. The average molecular weight is 670 g/mol. The van der Waals surface area contributed by atoms with Crippen LogP contribution in [-0.2, 0) is 16.2 Å². The van der Waals surface area contributed by atoms with Crippen molar-refractivity contribution < 1.29 is 9.15 Å². The fourth-order valence-corrected chi connectivity index (χ4v) is 12.1. The highest BCUT2D eigenvalue weighted by atomic mass is 16.5. The minimum Gasteiger partial charge on any atom is -0.457 e. The van der Waals surface area contributed by atoms with Gasteiger partial charge in [0, 0.05) is 50.4 Å². The molecule has 0 unspecified atom stereocenters. The Morgan fingerprint density at radius 3 is 1.88 bits per heavy atom. The molecule has 5 aromatic carbocycles. The second-order valence-corrected chi connectivity index (χ2v) is 18.1. The van der Waals surface area contributed by atoms with Gasteiger partial charge in [-0.15, -0.1) is 0 Å². The van der Waals surface area contributed by atoms with Crippen LogP contribution in [0.4, 0.5) is 17.1 Å². The molecule has 1 spiro atoms. The lowest BCUT2D eigenvalue weighted by atomic mass is 9.42. The largest absolute Gasteiger partial charge is 0.457 e. The quantitative estimate of drug-likeness (QED) is 0.188. The molecule has 6 aromatic rings. The molecule has 5 aliphatic carbocycles. The molecule has 4 saturated carbocycles. The van der Waals surface area contributed by atoms with Crippen molar-refractivity contribution in [3.63, 3.8) is 0 Å². The number of hydrogen-bond acceptors (Lipinski definition) is 3. The van der Waals surface area contributed by atoms with Gasteiger partial charge < -0.3 is 14.1 Å². The summed E-state index contributed by atoms with van der Waals surface area (Å²) in [6, 6.07) is 38.6. The van der Waals surface area contributed by atoms with Gasteiger partial charge in [0.15, 0.2) is 0 Å². The van der Waals surface area contributed by atoms with E-state index in [-0.39, 0.29) is 16.2 Å². The molecule has 51 heavy (non-hydrogen) atoms. The van der Waals surface area contributed by atoms with Crippen LogP contribution in [0.1, 0.15) is 94.9 Å². The van der Waals surface area contributed by atoms with E-state index in [1.165, 1.54) is 72.9 Å². The molecular weight excluding hydrogens is 623 g/mol. The number of hydrogen-bond donors (Lipinski definition) is 0. The number of ether oxygens (including phenoxy) is 1. The number of rotatable bonds is 3. The molecule has 0 N–H and O–H groups in total. The third-order valence-corrected chi connectivity index (χ3v) is 14.4. The van der Waals surface area contributed by atoms with Gasteiger partial charge in [-0.1, -0.05) is 76.2 Å². The zero-order valence-electron chi connectivity index (χ0n) is 30.3. The first-order chi connectivity index (χ1) is 24.7. The molecule has 1 aromatic heterocycles. The number of para-hydroxylation sites is 2. The van der Waals surface area contributed by atoms with E-state index in [2.05, 4.69) is 136 Å². The van der Waals surface area contributed by atoms with Gasteiger partial charge in [-0.3, -0.25) is 0 Å². The van der Waals surface area contributed by atoms with E-state index < -0.39 is 0 Å². The lowest BCUT2D eigenvalue weighted by molar-refractivity contribution is -0.0452. The maximum Gasteiger partial charge on any atom is 0.135 e. The molecule has 0 atom stereocenters. The van der Waals surface area contributed by atoms with Crippen LogP contribution < -0.4 is 9.64 Å². The predicted molar refractivity (Wildman–Crippen MR) is 208 cm³/mol. The van der Waals surface area contributed by atoms with Crippen molar-refractivity contribution in [1.29, 1.82) is 0 Å². The van der Waals surface area contributed by atoms with Gasteiger partial charge in [0.1, 0.15) is 22.7 Å². The van der Waals surface area contributed by atoms with E-state index in [1.54, 1.807) is 0 Å². The summed E-state index contributed by atoms with van der Waals surface area (Å²) < 4.78 is 13.3. The summed E-state index contributed by atoms with van der Waals surface area (Å²) in [6.07, 6.45) is 9.26. The van der Waals surface area contributed by atoms with E-state index in [9.17, 15) is 0 Å². The third kappa shape index (κ3) is 4.18. The summed E-state index contributed by atoms with van der Waals surface area (Å²) in [5.41, 5.74) is 11.4.